The maximum absolute atomic E-state index is 11.9. The van der Waals surface area contributed by atoms with Gasteiger partial charge in [-0.2, -0.15) is 0 Å². The van der Waals surface area contributed by atoms with Crippen molar-refractivity contribution in [3.63, 3.8) is 0 Å². The number of fused-ring (bicyclic) bond motifs is 1. The molecule has 1 N–H and O–H groups in total. The SMILES string of the molecule is Cc1csc(/C=C2\C(=O)Nc3ccccc32)c1. The Morgan fingerprint density at radius 1 is 1.29 bits per heavy atom. The maximum Gasteiger partial charge on any atom is 0.256 e. The Morgan fingerprint density at radius 2 is 2.12 bits per heavy atom. The Balaban J connectivity index is 2.09. The predicted octanol–water partition coefficient (Wildman–Crippen LogP) is 3.55. The van der Waals surface area contributed by atoms with Crippen molar-refractivity contribution >= 4 is 34.6 Å². The molecule has 1 aliphatic heterocycles. The molecule has 0 aliphatic carbocycles. The smallest absolute Gasteiger partial charge is 0.256 e. The summed E-state index contributed by atoms with van der Waals surface area (Å²) in [5, 5.41) is 4.96. The molecule has 1 aromatic carbocycles. The third kappa shape index (κ3) is 1.78. The van der Waals surface area contributed by atoms with E-state index in [1.165, 1.54) is 5.56 Å². The molecule has 0 spiro atoms. The molecule has 1 aliphatic rings. The summed E-state index contributed by atoms with van der Waals surface area (Å²) in [6.07, 6.45) is 1.96. The maximum atomic E-state index is 11.9. The molecule has 2 nitrogen and oxygen atoms in total. The van der Waals surface area contributed by atoms with E-state index >= 15 is 0 Å². The summed E-state index contributed by atoms with van der Waals surface area (Å²) in [6.45, 7) is 2.06. The van der Waals surface area contributed by atoms with E-state index in [9.17, 15) is 4.79 Å². The van der Waals surface area contributed by atoms with Crippen LogP contribution in [-0.4, -0.2) is 5.91 Å². The fourth-order valence-electron chi connectivity index (χ4n) is 1.95. The van der Waals surface area contributed by atoms with Crippen LogP contribution in [0.5, 0.6) is 0 Å². The van der Waals surface area contributed by atoms with Crippen LogP contribution >= 0.6 is 11.3 Å². The summed E-state index contributed by atoms with van der Waals surface area (Å²) in [6, 6.07) is 9.86. The van der Waals surface area contributed by atoms with Crippen molar-refractivity contribution < 1.29 is 4.79 Å². The zero-order valence-electron chi connectivity index (χ0n) is 9.36. The number of thiophene rings is 1. The van der Waals surface area contributed by atoms with E-state index in [1.54, 1.807) is 11.3 Å². The Labute approximate surface area is 104 Å². The van der Waals surface area contributed by atoms with E-state index in [4.69, 9.17) is 0 Å². The highest BCUT2D eigenvalue weighted by molar-refractivity contribution is 7.11. The molecule has 0 saturated heterocycles. The number of nitrogens with one attached hydrogen (secondary N) is 1. The lowest BCUT2D eigenvalue weighted by molar-refractivity contribution is -0.110. The molecule has 2 heterocycles. The summed E-state index contributed by atoms with van der Waals surface area (Å²) >= 11 is 1.66. The van der Waals surface area contributed by atoms with Crippen LogP contribution < -0.4 is 5.32 Å². The molecule has 0 radical (unpaired) electrons. The molecule has 1 aromatic heterocycles. The molecule has 0 unspecified atom stereocenters. The summed E-state index contributed by atoms with van der Waals surface area (Å²) in [7, 11) is 0. The molecule has 1 amide bonds. The van der Waals surface area contributed by atoms with Crippen molar-refractivity contribution in [2.45, 2.75) is 6.92 Å². The van der Waals surface area contributed by atoms with Crippen LogP contribution in [0.4, 0.5) is 5.69 Å². The summed E-state index contributed by atoms with van der Waals surface area (Å²) < 4.78 is 0. The lowest BCUT2D eigenvalue weighted by Crippen LogP contribution is -2.03. The largest absolute Gasteiger partial charge is 0.321 e. The number of carbonyl (C=O) groups excluding carboxylic acids is 1. The number of benzene rings is 1. The Morgan fingerprint density at radius 3 is 2.88 bits per heavy atom. The van der Waals surface area contributed by atoms with Crippen molar-refractivity contribution in [2.24, 2.45) is 0 Å². The minimum atomic E-state index is -0.0164. The van der Waals surface area contributed by atoms with Crippen LogP contribution in [0.1, 0.15) is 16.0 Å². The molecule has 3 rings (SSSR count). The average Bonchev–Trinajstić information content (AvgIpc) is 2.85. The van der Waals surface area contributed by atoms with E-state index < -0.39 is 0 Å². The van der Waals surface area contributed by atoms with Gasteiger partial charge >= 0.3 is 0 Å². The van der Waals surface area contributed by atoms with Crippen molar-refractivity contribution in [3.05, 3.63) is 51.7 Å². The van der Waals surface area contributed by atoms with Gasteiger partial charge in [0.1, 0.15) is 0 Å². The molecular formula is C14H11NOS. The Kier molecular flexibility index (Phi) is 2.34. The van der Waals surface area contributed by atoms with E-state index in [-0.39, 0.29) is 5.91 Å². The number of hydrogen-bond donors (Lipinski definition) is 1. The van der Waals surface area contributed by atoms with Gasteiger partial charge in [-0.05, 0) is 36.1 Å². The van der Waals surface area contributed by atoms with Gasteiger partial charge < -0.3 is 5.32 Å². The molecule has 3 heteroatoms. The van der Waals surface area contributed by atoms with Gasteiger partial charge in [-0.15, -0.1) is 11.3 Å². The summed E-state index contributed by atoms with van der Waals surface area (Å²) in [4.78, 5) is 13.0. The second kappa shape index (κ2) is 3.86. The highest BCUT2D eigenvalue weighted by Gasteiger charge is 2.23. The second-order valence-electron chi connectivity index (χ2n) is 4.08. The van der Waals surface area contributed by atoms with E-state index in [0.717, 1.165) is 21.7 Å². The van der Waals surface area contributed by atoms with Crippen LogP contribution in [0.3, 0.4) is 0 Å². The van der Waals surface area contributed by atoms with E-state index in [0.29, 0.717) is 0 Å². The number of aryl methyl sites for hydroxylation is 1. The molecule has 0 bridgehead atoms. The number of carbonyl (C=O) groups is 1. The topological polar surface area (TPSA) is 29.1 Å². The predicted molar refractivity (Wildman–Crippen MR) is 72.0 cm³/mol. The lowest BCUT2D eigenvalue weighted by Gasteiger charge is -1.95. The fraction of sp³-hybridized carbons (Fsp3) is 0.0714. The third-order valence-corrected chi connectivity index (χ3v) is 3.74. The minimum Gasteiger partial charge on any atom is -0.321 e. The van der Waals surface area contributed by atoms with Gasteiger partial charge in [0.2, 0.25) is 0 Å². The van der Waals surface area contributed by atoms with Gasteiger partial charge in [0, 0.05) is 16.1 Å². The van der Waals surface area contributed by atoms with Gasteiger partial charge in [0.05, 0.1) is 5.57 Å². The first-order valence-corrected chi connectivity index (χ1v) is 6.29. The first-order valence-electron chi connectivity index (χ1n) is 5.41. The van der Waals surface area contributed by atoms with Crippen molar-refractivity contribution in [1.29, 1.82) is 0 Å². The van der Waals surface area contributed by atoms with E-state index in [1.807, 2.05) is 30.3 Å². The van der Waals surface area contributed by atoms with Crippen molar-refractivity contribution in [1.82, 2.24) is 0 Å². The average molecular weight is 241 g/mol. The third-order valence-electron chi connectivity index (χ3n) is 2.75. The first kappa shape index (κ1) is 10.3. The van der Waals surface area contributed by atoms with Crippen molar-refractivity contribution in [2.75, 3.05) is 5.32 Å². The standard InChI is InChI=1S/C14H11NOS/c1-9-6-10(17-8-9)7-12-11-4-2-3-5-13(11)15-14(12)16/h2-8H,1H3,(H,15,16)/b12-7-. The molecule has 0 saturated carbocycles. The Hall–Kier alpha value is -1.87. The summed E-state index contributed by atoms with van der Waals surface area (Å²) in [5.41, 5.74) is 3.87. The molecule has 17 heavy (non-hydrogen) atoms. The summed E-state index contributed by atoms with van der Waals surface area (Å²) in [5.74, 6) is -0.0164. The second-order valence-corrected chi connectivity index (χ2v) is 5.03. The van der Waals surface area contributed by atoms with Gasteiger partial charge in [0.15, 0.2) is 0 Å². The van der Waals surface area contributed by atoms with Gasteiger partial charge in [0.25, 0.3) is 5.91 Å². The number of para-hydroxylation sites is 1. The quantitative estimate of drug-likeness (QED) is 0.760. The zero-order chi connectivity index (χ0) is 11.8. The molecule has 0 atom stereocenters. The number of rotatable bonds is 1. The van der Waals surface area contributed by atoms with E-state index in [2.05, 4.69) is 23.7 Å². The first-order chi connectivity index (χ1) is 8.24. The van der Waals surface area contributed by atoms with Crippen LogP contribution in [-0.2, 0) is 4.79 Å². The molecule has 84 valence electrons. The van der Waals surface area contributed by atoms with Crippen molar-refractivity contribution in [3.8, 4) is 0 Å². The molecule has 0 fully saturated rings. The monoisotopic (exact) mass is 241 g/mol. The van der Waals surface area contributed by atoms with Crippen LogP contribution in [0, 0.1) is 6.92 Å². The molecule has 2 aromatic rings. The molecular weight excluding hydrogens is 230 g/mol. The Bertz CT molecular complexity index is 625. The zero-order valence-corrected chi connectivity index (χ0v) is 10.2. The van der Waals surface area contributed by atoms with Gasteiger partial charge in [-0.3, -0.25) is 4.79 Å². The highest BCUT2D eigenvalue weighted by Crippen LogP contribution is 2.33. The number of amides is 1. The van der Waals surface area contributed by atoms with Gasteiger partial charge in [-0.1, -0.05) is 18.2 Å². The van der Waals surface area contributed by atoms with Crippen LogP contribution in [0.15, 0.2) is 35.7 Å². The normalized spacial score (nSPS) is 16.1. The van der Waals surface area contributed by atoms with Gasteiger partial charge in [-0.25, -0.2) is 0 Å². The lowest BCUT2D eigenvalue weighted by atomic mass is 10.1. The highest BCUT2D eigenvalue weighted by atomic mass is 32.1. The minimum absolute atomic E-state index is 0.0164. The van der Waals surface area contributed by atoms with Crippen LogP contribution in [0.2, 0.25) is 0 Å². The fourth-order valence-corrected chi connectivity index (χ4v) is 2.78. The number of hydrogen-bond acceptors (Lipinski definition) is 2. The van der Waals surface area contributed by atoms with Crippen LogP contribution in [0.25, 0.3) is 11.6 Å². The number of anilines is 1.